The molecule has 76 valence electrons. The number of hydrogen-bond donors (Lipinski definition) is 2. The molecule has 0 aliphatic carbocycles. The average Bonchev–Trinajstić information content (AvgIpc) is 2.16. The zero-order valence-corrected chi connectivity index (χ0v) is 8.41. The van der Waals surface area contributed by atoms with Crippen molar-refractivity contribution in [1.82, 2.24) is 0 Å². The van der Waals surface area contributed by atoms with Crippen molar-refractivity contribution in [2.24, 2.45) is 5.73 Å². The summed E-state index contributed by atoms with van der Waals surface area (Å²) in [5, 5.41) is 5.44. The summed E-state index contributed by atoms with van der Waals surface area (Å²) >= 11 is 0. The van der Waals surface area contributed by atoms with Gasteiger partial charge in [-0.15, -0.1) is 0 Å². The molecule has 4 heteroatoms. The van der Waals surface area contributed by atoms with Gasteiger partial charge in [-0.1, -0.05) is 12.1 Å². The molecule has 4 N–H and O–H groups in total. The molecule has 0 radical (unpaired) electrons. The monoisotopic (exact) mass is 195 g/mol. The lowest BCUT2D eigenvalue weighted by Gasteiger charge is -2.10. The van der Waals surface area contributed by atoms with Gasteiger partial charge in [0.25, 0.3) is 0 Å². The van der Waals surface area contributed by atoms with E-state index in [9.17, 15) is 0 Å². The van der Waals surface area contributed by atoms with Crippen molar-refractivity contribution in [2.75, 3.05) is 14.2 Å². The van der Waals surface area contributed by atoms with E-state index in [1.807, 2.05) is 18.2 Å². The largest absolute Gasteiger partial charge is 0.493 e. The summed E-state index contributed by atoms with van der Waals surface area (Å²) in [6.45, 7) is 0. The molecular formula is C10H15N2O2+. The summed E-state index contributed by atoms with van der Waals surface area (Å²) in [5.74, 6) is 1.73. The first-order valence-corrected chi connectivity index (χ1v) is 4.25. The van der Waals surface area contributed by atoms with E-state index in [1.165, 1.54) is 0 Å². The number of hydrogen-bond acceptors (Lipinski definition) is 2. The second-order valence-electron chi connectivity index (χ2n) is 2.90. The van der Waals surface area contributed by atoms with Gasteiger partial charge in [0.2, 0.25) is 5.84 Å². The molecule has 0 unspecified atom stereocenters. The lowest BCUT2D eigenvalue weighted by atomic mass is 10.1. The van der Waals surface area contributed by atoms with Gasteiger partial charge in [-0.2, -0.15) is 0 Å². The van der Waals surface area contributed by atoms with E-state index < -0.39 is 0 Å². The Morgan fingerprint density at radius 2 is 2.07 bits per heavy atom. The first kappa shape index (κ1) is 10.4. The van der Waals surface area contributed by atoms with Crippen LogP contribution in [0.5, 0.6) is 11.5 Å². The molecule has 0 saturated carbocycles. The van der Waals surface area contributed by atoms with Crippen molar-refractivity contribution in [3.63, 3.8) is 0 Å². The van der Waals surface area contributed by atoms with Crippen LogP contribution in [0.25, 0.3) is 0 Å². The van der Waals surface area contributed by atoms with Crippen LogP contribution in [-0.4, -0.2) is 20.1 Å². The van der Waals surface area contributed by atoms with Crippen LogP contribution in [0.15, 0.2) is 18.2 Å². The molecule has 0 amide bonds. The Morgan fingerprint density at radius 3 is 2.57 bits per heavy atom. The van der Waals surface area contributed by atoms with Gasteiger partial charge in [0, 0.05) is 5.56 Å². The Hall–Kier alpha value is -1.71. The molecule has 0 aliphatic rings. The van der Waals surface area contributed by atoms with Crippen LogP contribution in [0.2, 0.25) is 0 Å². The molecule has 0 bridgehead atoms. The first-order valence-electron chi connectivity index (χ1n) is 4.25. The van der Waals surface area contributed by atoms with E-state index >= 15 is 0 Å². The molecule has 0 heterocycles. The maximum Gasteiger partial charge on any atom is 0.242 e. The zero-order valence-electron chi connectivity index (χ0n) is 8.41. The summed E-state index contributed by atoms with van der Waals surface area (Å²) in [6, 6.07) is 5.61. The van der Waals surface area contributed by atoms with Gasteiger partial charge in [0.1, 0.15) is 0 Å². The molecule has 1 aromatic carbocycles. The summed E-state index contributed by atoms with van der Waals surface area (Å²) in [5.41, 5.74) is 6.36. The van der Waals surface area contributed by atoms with Crippen molar-refractivity contribution in [3.8, 4) is 11.5 Å². The maximum absolute atomic E-state index is 5.44. The summed E-state index contributed by atoms with van der Waals surface area (Å²) in [6.07, 6.45) is 0.486. The molecule has 0 fully saturated rings. The molecule has 14 heavy (non-hydrogen) atoms. The number of rotatable bonds is 4. The van der Waals surface area contributed by atoms with Gasteiger partial charge in [-0.05, 0) is 6.07 Å². The van der Waals surface area contributed by atoms with Crippen LogP contribution in [0.1, 0.15) is 5.56 Å². The normalized spacial score (nSPS) is 9.57. The second kappa shape index (κ2) is 4.50. The highest BCUT2D eigenvalue weighted by molar-refractivity contribution is 5.77. The highest BCUT2D eigenvalue weighted by Crippen LogP contribution is 2.30. The number of benzene rings is 1. The minimum absolute atomic E-state index is 0.358. The van der Waals surface area contributed by atoms with E-state index in [4.69, 9.17) is 20.6 Å². The van der Waals surface area contributed by atoms with Gasteiger partial charge in [-0.3, -0.25) is 11.1 Å². The van der Waals surface area contributed by atoms with Gasteiger partial charge >= 0.3 is 0 Å². The predicted octanol–water partition coefficient (Wildman–Crippen LogP) is -0.637. The number of ether oxygens (including phenoxy) is 2. The van der Waals surface area contributed by atoms with Crippen molar-refractivity contribution >= 4 is 5.84 Å². The first-order chi connectivity index (χ1) is 6.69. The van der Waals surface area contributed by atoms with Gasteiger partial charge < -0.3 is 9.47 Å². The number of nitrogens with two attached hydrogens (primary N) is 2. The SMILES string of the molecule is COc1cccc(CC(N)=[NH2+])c1OC. The number of amidine groups is 1. The van der Waals surface area contributed by atoms with Gasteiger partial charge in [0.05, 0.1) is 20.6 Å². The minimum atomic E-state index is 0.358. The van der Waals surface area contributed by atoms with Crippen LogP contribution in [-0.2, 0) is 6.42 Å². The highest BCUT2D eigenvalue weighted by Gasteiger charge is 2.11. The lowest BCUT2D eigenvalue weighted by Crippen LogP contribution is -2.46. The standard InChI is InChI=1S/C10H14N2O2/c1-13-8-5-3-4-7(6-9(11)12)10(8)14-2/h3-5H,6H2,1-2H3,(H3,11,12)/p+1. The minimum Gasteiger partial charge on any atom is -0.493 e. The summed E-state index contributed by atoms with van der Waals surface area (Å²) in [4.78, 5) is 0. The lowest BCUT2D eigenvalue weighted by molar-refractivity contribution is -0.117. The zero-order chi connectivity index (χ0) is 10.6. The molecule has 4 nitrogen and oxygen atoms in total. The molecule has 0 saturated heterocycles. The average molecular weight is 195 g/mol. The van der Waals surface area contributed by atoms with Crippen LogP contribution in [0.4, 0.5) is 0 Å². The molecule has 1 aromatic rings. The Morgan fingerprint density at radius 1 is 1.36 bits per heavy atom. The quantitative estimate of drug-likeness (QED) is 0.496. The van der Waals surface area contributed by atoms with Crippen molar-refractivity contribution in [3.05, 3.63) is 23.8 Å². The molecule has 0 aromatic heterocycles. The Balaban J connectivity index is 3.08. The maximum atomic E-state index is 5.44. The molecule has 0 aliphatic heterocycles. The fourth-order valence-electron chi connectivity index (χ4n) is 1.31. The van der Waals surface area contributed by atoms with Gasteiger partial charge in [0.15, 0.2) is 11.5 Å². The smallest absolute Gasteiger partial charge is 0.242 e. The number of para-hydroxylation sites is 1. The van der Waals surface area contributed by atoms with Crippen molar-refractivity contribution < 1.29 is 14.9 Å². The summed E-state index contributed by atoms with van der Waals surface area (Å²) in [7, 11) is 3.19. The fourth-order valence-corrected chi connectivity index (χ4v) is 1.31. The fraction of sp³-hybridized carbons (Fsp3) is 0.300. The number of methoxy groups -OCH3 is 2. The highest BCUT2D eigenvalue weighted by atomic mass is 16.5. The third kappa shape index (κ3) is 2.16. The van der Waals surface area contributed by atoms with E-state index in [-0.39, 0.29) is 0 Å². The molecule has 1 rings (SSSR count). The Labute approximate surface area is 83.1 Å². The van der Waals surface area contributed by atoms with E-state index in [0.717, 1.165) is 5.56 Å². The Bertz CT molecular complexity index is 337. The second-order valence-corrected chi connectivity index (χ2v) is 2.90. The molecule has 0 spiro atoms. The van der Waals surface area contributed by atoms with Crippen molar-refractivity contribution in [2.45, 2.75) is 6.42 Å². The third-order valence-corrected chi connectivity index (χ3v) is 1.88. The van der Waals surface area contributed by atoms with Crippen LogP contribution in [0.3, 0.4) is 0 Å². The summed E-state index contributed by atoms with van der Waals surface area (Å²) < 4.78 is 10.4. The van der Waals surface area contributed by atoms with Crippen LogP contribution >= 0.6 is 0 Å². The van der Waals surface area contributed by atoms with Crippen LogP contribution in [0, 0.1) is 0 Å². The van der Waals surface area contributed by atoms with Crippen molar-refractivity contribution in [1.29, 1.82) is 0 Å². The molecular weight excluding hydrogens is 180 g/mol. The molecule has 0 atom stereocenters. The third-order valence-electron chi connectivity index (χ3n) is 1.88. The van der Waals surface area contributed by atoms with Crippen LogP contribution < -0.4 is 20.6 Å². The predicted molar refractivity (Wildman–Crippen MR) is 54.4 cm³/mol. The van der Waals surface area contributed by atoms with E-state index in [0.29, 0.717) is 23.8 Å². The van der Waals surface area contributed by atoms with E-state index in [1.54, 1.807) is 14.2 Å². The Kier molecular flexibility index (Phi) is 3.34. The van der Waals surface area contributed by atoms with E-state index in [2.05, 4.69) is 0 Å². The van der Waals surface area contributed by atoms with Gasteiger partial charge in [-0.25, -0.2) is 0 Å². The topological polar surface area (TPSA) is 70.1 Å².